The van der Waals surface area contributed by atoms with Crippen LogP contribution in [0.15, 0.2) is 66.7 Å². The molecular weight excluding hydrogens is 412 g/mol. The SMILES string of the molecule is Cc1ccccc1N1C(=O)c2ccc(C(=O)OCc3nc4ccccc4s3)cc2C1=O. The van der Waals surface area contributed by atoms with Gasteiger partial charge in [0.05, 0.1) is 32.6 Å². The maximum atomic E-state index is 13.0. The predicted octanol–water partition coefficient (Wildman–Crippen LogP) is 4.76. The number of benzene rings is 3. The average Bonchev–Trinajstić information content (AvgIpc) is 3.31. The highest BCUT2D eigenvalue weighted by molar-refractivity contribution is 7.18. The van der Waals surface area contributed by atoms with Crippen molar-refractivity contribution in [3.8, 4) is 0 Å². The molecule has 0 saturated carbocycles. The molecule has 1 aliphatic rings. The number of nitrogens with zero attached hydrogens (tertiary/aromatic N) is 2. The van der Waals surface area contributed by atoms with Crippen LogP contribution in [-0.2, 0) is 11.3 Å². The summed E-state index contributed by atoms with van der Waals surface area (Å²) < 4.78 is 6.42. The maximum absolute atomic E-state index is 13.0. The van der Waals surface area contributed by atoms with Crippen LogP contribution in [0.3, 0.4) is 0 Å². The molecule has 0 radical (unpaired) electrons. The molecule has 152 valence electrons. The fourth-order valence-electron chi connectivity index (χ4n) is 3.59. The van der Waals surface area contributed by atoms with Gasteiger partial charge in [-0.05, 0) is 48.9 Å². The standard InChI is InChI=1S/C24H16N2O4S/c1-14-6-2-4-8-19(14)26-22(27)16-11-10-15(12-17(16)23(26)28)24(29)30-13-21-25-18-7-3-5-9-20(18)31-21/h2-12H,13H2,1H3. The molecule has 2 amide bonds. The number of carbonyl (C=O) groups excluding carboxylic acids is 3. The van der Waals surface area contributed by atoms with Gasteiger partial charge in [0.15, 0.2) is 0 Å². The van der Waals surface area contributed by atoms with Gasteiger partial charge in [0, 0.05) is 0 Å². The third-order valence-electron chi connectivity index (χ3n) is 5.14. The molecule has 0 aliphatic carbocycles. The number of esters is 1. The molecule has 3 aromatic carbocycles. The van der Waals surface area contributed by atoms with Crippen molar-refractivity contribution in [3.05, 3.63) is 94.0 Å². The Kier molecular flexibility index (Phi) is 4.60. The van der Waals surface area contributed by atoms with Gasteiger partial charge in [-0.1, -0.05) is 30.3 Å². The summed E-state index contributed by atoms with van der Waals surface area (Å²) in [6, 6.07) is 19.3. The van der Waals surface area contributed by atoms with E-state index in [2.05, 4.69) is 4.98 Å². The highest BCUT2D eigenvalue weighted by Crippen LogP contribution is 2.31. The summed E-state index contributed by atoms with van der Waals surface area (Å²) in [5.41, 5.74) is 2.89. The Hall–Kier alpha value is -3.84. The van der Waals surface area contributed by atoms with Crippen molar-refractivity contribution in [2.45, 2.75) is 13.5 Å². The zero-order chi connectivity index (χ0) is 21.5. The summed E-state index contributed by atoms with van der Waals surface area (Å²) in [6.45, 7) is 1.88. The normalized spacial score (nSPS) is 13.0. The fraction of sp³-hybridized carbons (Fsp3) is 0.0833. The second-order valence-electron chi connectivity index (χ2n) is 7.14. The van der Waals surface area contributed by atoms with Crippen molar-refractivity contribution in [2.75, 3.05) is 4.90 Å². The average molecular weight is 428 g/mol. The Balaban J connectivity index is 1.37. The van der Waals surface area contributed by atoms with Crippen LogP contribution in [0.1, 0.15) is 41.6 Å². The van der Waals surface area contributed by atoms with Gasteiger partial charge in [-0.3, -0.25) is 9.59 Å². The topological polar surface area (TPSA) is 76.6 Å². The van der Waals surface area contributed by atoms with Gasteiger partial charge < -0.3 is 4.74 Å². The highest BCUT2D eigenvalue weighted by atomic mass is 32.1. The number of para-hydroxylation sites is 2. The van der Waals surface area contributed by atoms with Gasteiger partial charge >= 0.3 is 5.97 Å². The molecular formula is C24H16N2O4S. The van der Waals surface area contributed by atoms with E-state index in [-0.39, 0.29) is 23.3 Å². The number of rotatable bonds is 4. The number of hydrogen-bond acceptors (Lipinski definition) is 6. The van der Waals surface area contributed by atoms with Gasteiger partial charge in [0.1, 0.15) is 11.6 Å². The summed E-state index contributed by atoms with van der Waals surface area (Å²) in [7, 11) is 0. The van der Waals surface area contributed by atoms with E-state index in [4.69, 9.17) is 4.74 Å². The van der Waals surface area contributed by atoms with Crippen LogP contribution in [0.4, 0.5) is 5.69 Å². The lowest BCUT2D eigenvalue weighted by molar-refractivity contribution is 0.0472. The molecule has 0 N–H and O–H groups in total. The molecule has 2 heterocycles. The predicted molar refractivity (Wildman–Crippen MR) is 118 cm³/mol. The van der Waals surface area contributed by atoms with Crippen molar-refractivity contribution in [2.24, 2.45) is 0 Å². The van der Waals surface area contributed by atoms with Gasteiger partial charge in [-0.15, -0.1) is 11.3 Å². The van der Waals surface area contributed by atoms with Crippen LogP contribution in [0.5, 0.6) is 0 Å². The number of carbonyl (C=O) groups is 3. The van der Waals surface area contributed by atoms with Crippen molar-refractivity contribution < 1.29 is 19.1 Å². The van der Waals surface area contributed by atoms with E-state index in [1.165, 1.54) is 29.5 Å². The number of fused-ring (bicyclic) bond motifs is 2. The molecule has 31 heavy (non-hydrogen) atoms. The molecule has 0 atom stereocenters. The molecule has 1 aromatic heterocycles. The number of aromatic nitrogens is 1. The Morgan fingerprint density at radius 3 is 2.52 bits per heavy atom. The quantitative estimate of drug-likeness (QED) is 0.346. The molecule has 0 fully saturated rings. The molecule has 1 aliphatic heterocycles. The Morgan fingerprint density at radius 2 is 1.71 bits per heavy atom. The fourth-order valence-corrected chi connectivity index (χ4v) is 4.47. The summed E-state index contributed by atoms with van der Waals surface area (Å²) in [5, 5.41) is 0.688. The minimum atomic E-state index is -0.573. The molecule has 0 bridgehead atoms. The first-order valence-corrected chi connectivity index (χ1v) is 10.4. The number of anilines is 1. The number of ether oxygens (including phenoxy) is 1. The van der Waals surface area contributed by atoms with E-state index in [1.807, 2.05) is 43.3 Å². The first kappa shape index (κ1) is 19.1. The number of imide groups is 1. The van der Waals surface area contributed by atoms with Crippen LogP contribution in [-0.4, -0.2) is 22.8 Å². The highest BCUT2D eigenvalue weighted by Gasteiger charge is 2.37. The van der Waals surface area contributed by atoms with Gasteiger partial charge in [-0.2, -0.15) is 0 Å². The second kappa shape index (κ2) is 7.45. The minimum Gasteiger partial charge on any atom is -0.455 e. The van der Waals surface area contributed by atoms with Crippen LogP contribution in [0.2, 0.25) is 0 Å². The third kappa shape index (κ3) is 3.29. The van der Waals surface area contributed by atoms with E-state index in [0.29, 0.717) is 10.7 Å². The van der Waals surface area contributed by atoms with E-state index in [9.17, 15) is 14.4 Å². The number of aryl methyl sites for hydroxylation is 1. The monoisotopic (exact) mass is 428 g/mol. The Labute approximate surface area is 181 Å². The molecule has 4 aromatic rings. The first-order chi connectivity index (χ1) is 15.0. The second-order valence-corrected chi connectivity index (χ2v) is 8.26. The van der Waals surface area contributed by atoms with Crippen molar-refractivity contribution in [1.29, 1.82) is 0 Å². The van der Waals surface area contributed by atoms with Crippen LogP contribution in [0, 0.1) is 6.92 Å². The lowest BCUT2D eigenvalue weighted by Gasteiger charge is -2.16. The summed E-state index contributed by atoms with van der Waals surface area (Å²) in [4.78, 5) is 43.9. The summed E-state index contributed by atoms with van der Waals surface area (Å²) in [6.07, 6.45) is 0. The van der Waals surface area contributed by atoms with Crippen molar-refractivity contribution in [3.63, 3.8) is 0 Å². The lowest BCUT2D eigenvalue weighted by atomic mass is 10.1. The first-order valence-electron chi connectivity index (χ1n) is 9.63. The van der Waals surface area contributed by atoms with Crippen LogP contribution in [0.25, 0.3) is 10.2 Å². The van der Waals surface area contributed by atoms with Gasteiger partial charge in [0.2, 0.25) is 0 Å². The molecule has 7 heteroatoms. The van der Waals surface area contributed by atoms with E-state index in [1.54, 1.807) is 12.1 Å². The summed E-state index contributed by atoms with van der Waals surface area (Å²) >= 11 is 1.46. The molecule has 6 nitrogen and oxygen atoms in total. The zero-order valence-corrected chi connectivity index (χ0v) is 17.3. The number of amides is 2. The molecule has 0 unspecified atom stereocenters. The van der Waals surface area contributed by atoms with Crippen LogP contribution < -0.4 is 4.90 Å². The van der Waals surface area contributed by atoms with Crippen LogP contribution >= 0.6 is 11.3 Å². The van der Waals surface area contributed by atoms with E-state index < -0.39 is 17.8 Å². The third-order valence-corrected chi connectivity index (χ3v) is 6.15. The number of hydrogen-bond donors (Lipinski definition) is 0. The minimum absolute atomic E-state index is 0.0392. The summed E-state index contributed by atoms with van der Waals surface area (Å²) in [5.74, 6) is -1.42. The zero-order valence-electron chi connectivity index (χ0n) is 16.5. The molecule has 0 saturated heterocycles. The van der Waals surface area contributed by atoms with Gasteiger partial charge in [-0.25, -0.2) is 14.7 Å². The van der Waals surface area contributed by atoms with Crippen molar-refractivity contribution >= 4 is 45.0 Å². The Morgan fingerprint density at radius 1 is 0.968 bits per heavy atom. The molecule has 5 rings (SSSR count). The largest absolute Gasteiger partial charge is 0.455 e. The lowest BCUT2D eigenvalue weighted by Crippen LogP contribution is -2.29. The van der Waals surface area contributed by atoms with E-state index >= 15 is 0 Å². The van der Waals surface area contributed by atoms with Gasteiger partial charge in [0.25, 0.3) is 11.8 Å². The number of thiazole rings is 1. The van der Waals surface area contributed by atoms with Crippen molar-refractivity contribution in [1.82, 2.24) is 4.98 Å². The Bertz CT molecular complexity index is 1340. The maximum Gasteiger partial charge on any atom is 0.338 e. The molecule has 0 spiro atoms. The smallest absolute Gasteiger partial charge is 0.338 e. The van der Waals surface area contributed by atoms with E-state index in [0.717, 1.165) is 20.7 Å².